The number of ether oxygens (including phenoxy) is 1. The highest BCUT2D eigenvalue weighted by molar-refractivity contribution is 7.89. The van der Waals surface area contributed by atoms with Crippen LogP contribution in [0.5, 0.6) is 5.75 Å². The van der Waals surface area contributed by atoms with Crippen LogP contribution in [0.1, 0.15) is 17.9 Å². The number of sulfonamides is 1. The molecule has 0 radical (unpaired) electrons. The van der Waals surface area contributed by atoms with Crippen molar-refractivity contribution in [1.82, 2.24) is 4.31 Å². The number of piperidine rings is 1. The van der Waals surface area contributed by atoms with Crippen molar-refractivity contribution in [3.8, 4) is 5.75 Å². The van der Waals surface area contributed by atoms with E-state index in [9.17, 15) is 18.3 Å². The van der Waals surface area contributed by atoms with Crippen LogP contribution in [-0.4, -0.2) is 44.0 Å². The van der Waals surface area contributed by atoms with Crippen LogP contribution in [0.2, 0.25) is 0 Å². The number of hydrogen-bond acceptors (Lipinski definition) is 4. The van der Waals surface area contributed by atoms with Crippen molar-refractivity contribution in [2.45, 2.75) is 17.2 Å². The van der Waals surface area contributed by atoms with Gasteiger partial charge in [-0.15, -0.1) is 0 Å². The molecule has 7 heteroatoms. The van der Waals surface area contributed by atoms with E-state index in [2.05, 4.69) is 0 Å². The van der Waals surface area contributed by atoms with Crippen LogP contribution in [-0.2, 0) is 14.8 Å². The molecule has 0 bridgehead atoms. The highest BCUT2D eigenvalue weighted by atomic mass is 32.2. The summed E-state index contributed by atoms with van der Waals surface area (Å²) in [4.78, 5) is 11.9. The number of carboxylic acids is 1. The number of aliphatic carboxylic acids is 1. The third-order valence-electron chi connectivity index (χ3n) is 4.80. The zero-order valence-electron chi connectivity index (χ0n) is 14.4. The molecule has 2 atom stereocenters. The number of carboxylic acid groups (broad SMARTS) is 1. The quantitative estimate of drug-likeness (QED) is 0.868. The monoisotopic (exact) mass is 375 g/mol. The lowest BCUT2D eigenvalue weighted by Gasteiger charge is -2.36. The first-order valence-electron chi connectivity index (χ1n) is 8.35. The normalized spacial score (nSPS) is 21.3. The average Bonchev–Trinajstić information content (AvgIpc) is 2.68. The van der Waals surface area contributed by atoms with Gasteiger partial charge >= 0.3 is 5.97 Å². The molecule has 1 saturated heterocycles. The second-order valence-electron chi connectivity index (χ2n) is 6.29. The Morgan fingerprint density at radius 2 is 1.88 bits per heavy atom. The maximum Gasteiger partial charge on any atom is 0.308 e. The molecule has 2 aromatic carbocycles. The topological polar surface area (TPSA) is 83.9 Å². The molecule has 0 spiro atoms. The zero-order valence-corrected chi connectivity index (χ0v) is 15.2. The minimum Gasteiger partial charge on any atom is -0.497 e. The fourth-order valence-corrected chi connectivity index (χ4v) is 4.92. The zero-order chi connectivity index (χ0) is 18.7. The van der Waals surface area contributed by atoms with E-state index in [-0.39, 0.29) is 23.9 Å². The van der Waals surface area contributed by atoms with E-state index in [1.54, 1.807) is 12.1 Å². The predicted molar refractivity (Wildman–Crippen MR) is 96.7 cm³/mol. The Labute approximate surface area is 153 Å². The van der Waals surface area contributed by atoms with Crippen LogP contribution < -0.4 is 4.74 Å². The van der Waals surface area contributed by atoms with Crippen molar-refractivity contribution in [3.05, 3.63) is 60.2 Å². The highest BCUT2D eigenvalue weighted by Gasteiger charge is 2.39. The number of rotatable bonds is 5. The number of hydrogen-bond donors (Lipinski definition) is 1. The molecule has 0 aromatic heterocycles. The molecule has 3 rings (SSSR count). The third kappa shape index (κ3) is 3.59. The van der Waals surface area contributed by atoms with Gasteiger partial charge < -0.3 is 9.84 Å². The van der Waals surface area contributed by atoms with E-state index in [0.717, 1.165) is 5.56 Å². The first kappa shape index (κ1) is 18.4. The highest BCUT2D eigenvalue weighted by Crippen LogP contribution is 2.35. The van der Waals surface area contributed by atoms with Crippen LogP contribution in [0.4, 0.5) is 0 Å². The molecule has 1 aliphatic rings. The summed E-state index contributed by atoms with van der Waals surface area (Å²) in [6.45, 7) is 0.233. The molecule has 1 aliphatic heterocycles. The van der Waals surface area contributed by atoms with Gasteiger partial charge in [0.05, 0.1) is 17.9 Å². The van der Waals surface area contributed by atoms with E-state index in [4.69, 9.17) is 4.74 Å². The number of nitrogens with zero attached hydrogens (tertiary/aromatic N) is 1. The minimum absolute atomic E-state index is 0.0472. The van der Waals surface area contributed by atoms with Gasteiger partial charge in [0.15, 0.2) is 0 Å². The van der Waals surface area contributed by atoms with Crippen molar-refractivity contribution in [2.75, 3.05) is 20.2 Å². The standard InChI is InChI=1S/C19H21NO5S/c1-25-15-8-5-9-16(12-15)26(23,24)20-11-10-17(18(13-20)19(21)22)14-6-3-2-4-7-14/h2-9,12,17-18H,10-11,13H2,1H3,(H,21,22). The molecule has 26 heavy (non-hydrogen) atoms. The van der Waals surface area contributed by atoms with E-state index < -0.39 is 21.9 Å². The average molecular weight is 375 g/mol. The second kappa shape index (κ2) is 7.47. The first-order valence-corrected chi connectivity index (χ1v) is 9.79. The fraction of sp³-hybridized carbons (Fsp3) is 0.316. The molecule has 138 valence electrons. The summed E-state index contributed by atoms with van der Waals surface area (Å²) in [7, 11) is -2.31. The van der Waals surface area contributed by atoms with Gasteiger partial charge in [0.2, 0.25) is 10.0 Å². The summed E-state index contributed by atoms with van der Waals surface area (Å²) < 4.78 is 32.2. The van der Waals surface area contributed by atoms with E-state index in [1.165, 1.54) is 23.5 Å². The number of carbonyl (C=O) groups is 1. The first-order chi connectivity index (χ1) is 12.4. The molecule has 6 nitrogen and oxygen atoms in total. The van der Waals surface area contributed by atoms with Gasteiger partial charge in [-0.05, 0) is 30.0 Å². The van der Waals surface area contributed by atoms with E-state index in [0.29, 0.717) is 12.2 Å². The molecule has 1 heterocycles. The molecule has 2 aromatic rings. The lowest BCUT2D eigenvalue weighted by molar-refractivity contribution is -0.143. The molecular formula is C19H21NO5S. The van der Waals surface area contributed by atoms with Gasteiger partial charge in [-0.1, -0.05) is 36.4 Å². The Kier molecular flexibility index (Phi) is 5.29. The third-order valence-corrected chi connectivity index (χ3v) is 6.66. The lowest BCUT2D eigenvalue weighted by Crippen LogP contribution is -2.45. The van der Waals surface area contributed by atoms with Gasteiger partial charge in [0.1, 0.15) is 5.75 Å². The van der Waals surface area contributed by atoms with Gasteiger partial charge in [0.25, 0.3) is 0 Å². The molecule has 0 amide bonds. The SMILES string of the molecule is COc1cccc(S(=O)(=O)N2CCC(c3ccccc3)C(C(=O)O)C2)c1. The Bertz CT molecular complexity index is 882. The molecule has 2 unspecified atom stereocenters. The molecule has 0 aliphatic carbocycles. The summed E-state index contributed by atoms with van der Waals surface area (Å²) in [6, 6.07) is 15.6. The molecular weight excluding hydrogens is 354 g/mol. The van der Waals surface area contributed by atoms with Crippen molar-refractivity contribution >= 4 is 16.0 Å². The van der Waals surface area contributed by atoms with Crippen LogP contribution in [0, 0.1) is 5.92 Å². The van der Waals surface area contributed by atoms with E-state index >= 15 is 0 Å². The Hall–Kier alpha value is -2.38. The van der Waals surface area contributed by atoms with Crippen LogP contribution in [0.25, 0.3) is 0 Å². The van der Waals surface area contributed by atoms with Gasteiger partial charge in [0, 0.05) is 19.2 Å². The van der Waals surface area contributed by atoms with Crippen molar-refractivity contribution in [2.24, 2.45) is 5.92 Å². The lowest BCUT2D eigenvalue weighted by atomic mass is 9.81. The largest absolute Gasteiger partial charge is 0.497 e. The van der Waals surface area contributed by atoms with Crippen molar-refractivity contribution < 1.29 is 23.1 Å². The van der Waals surface area contributed by atoms with Gasteiger partial charge in [-0.2, -0.15) is 4.31 Å². The predicted octanol–water partition coefficient (Wildman–Crippen LogP) is 2.57. The smallest absolute Gasteiger partial charge is 0.308 e. The maximum absolute atomic E-state index is 12.9. The molecule has 1 fully saturated rings. The van der Waals surface area contributed by atoms with Crippen LogP contribution in [0.15, 0.2) is 59.5 Å². The number of methoxy groups -OCH3 is 1. The van der Waals surface area contributed by atoms with Crippen LogP contribution in [0.3, 0.4) is 0 Å². The van der Waals surface area contributed by atoms with E-state index in [1.807, 2.05) is 30.3 Å². The van der Waals surface area contributed by atoms with Gasteiger partial charge in [-0.3, -0.25) is 4.79 Å². The van der Waals surface area contributed by atoms with Gasteiger partial charge in [-0.25, -0.2) is 8.42 Å². The summed E-state index contributed by atoms with van der Waals surface area (Å²) >= 11 is 0. The Morgan fingerprint density at radius 1 is 1.15 bits per heavy atom. The Balaban J connectivity index is 1.88. The summed E-state index contributed by atoms with van der Waals surface area (Å²) in [5.74, 6) is -1.53. The van der Waals surface area contributed by atoms with Crippen molar-refractivity contribution in [1.29, 1.82) is 0 Å². The Morgan fingerprint density at radius 3 is 2.54 bits per heavy atom. The summed E-state index contributed by atoms with van der Waals surface area (Å²) in [6.07, 6.45) is 0.462. The minimum atomic E-state index is -3.78. The second-order valence-corrected chi connectivity index (χ2v) is 8.23. The van der Waals surface area contributed by atoms with Crippen molar-refractivity contribution in [3.63, 3.8) is 0 Å². The molecule has 0 saturated carbocycles. The molecule has 1 N–H and O–H groups in total. The number of benzene rings is 2. The summed E-state index contributed by atoms with van der Waals surface area (Å²) in [5, 5.41) is 9.66. The van der Waals surface area contributed by atoms with Crippen LogP contribution >= 0.6 is 0 Å². The fourth-order valence-electron chi connectivity index (χ4n) is 3.40. The maximum atomic E-state index is 12.9. The summed E-state index contributed by atoms with van der Waals surface area (Å²) in [5.41, 5.74) is 0.929.